The van der Waals surface area contributed by atoms with Gasteiger partial charge in [-0.05, 0) is 43.4 Å². The average Bonchev–Trinajstić information content (AvgIpc) is 2.73. The van der Waals surface area contributed by atoms with E-state index < -0.39 is 23.2 Å². The van der Waals surface area contributed by atoms with Crippen molar-refractivity contribution in [2.45, 2.75) is 63.8 Å². The van der Waals surface area contributed by atoms with Gasteiger partial charge in [0.15, 0.2) is 0 Å². The molecule has 0 heterocycles. The van der Waals surface area contributed by atoms with Crippen molar-refractivity contribution in [1.82, 2.24) is 0 Å². The predicted molar refractivity (Wildman–Crippen MR) is 59.8 cm³/mol. The van der Waals surface area contributed by atoms with E-state index in [0.717, 1.165) is 19.3 Å². The van der Waals surface area contributed by atoms with Crippen molar-refractivity contribution in [1.29, 1.82) is 0 Å². The lowest BCUT2D eigenvalue weighted by atomic mass is 9.52. The zero-order valence-electron chi connectivity index (χ0n) is 10.1. The minimum absolute atomic E-state index is 0.272. The monoisotopic (exact) mass is 226 g/mol. The standard InChI is InChI=1S/C13H22O3/c1-11(2)8-5-6-12(7-8)9(14)3-4-10(15)13(11,12)16/h8-10,14-16H,3-7H2,1-2H3/t8-,9-,10-,12+,13+/m0/s1. The molecule has 3 rings (SSSR count). The third kappa shape index (κ3) is 0.856. The molecule has 0 radical (unpaired) electrons. The molecule has 5 atom stereocenters. The van der Waals surface area contributed by atoms with Gasteiger partial charge >= 0.3 is 0 Å². The molecular weight excluding hydrogens is 204 g/mol. The fourth-order valence-electron chi connectivity index (χ4n) is 5.11. The van der Waals surface area contributed by atoms with E-state index in [1.165, 1.54) is 0 Å². The Labute approximate surface area is 96.5 Å². The maximum atomic E-state index is 11.0. The highest BCUT2D eigenvalue weighted by Crippen LogP contribution is 2.72. The molecule has 1 spiro atoms. The zero-order chi connectivity index (χ0) is 11.8. The molecule has 0 saturated heterocycles. The quantitative estimate of drug-likeness (QED) is 0.579. The summed E-state index contributed by atoms with van der Waals surface area (Å²) >= 11 is 0. The van der Waals surface area contributed by atoms with E-state index in [1.54, 1.807) is 0 Å². The Morgan fingerprint density at radius 2 is 1.62 bits per heavy atom. The average molecular weight is 226 g/mol. The molecule has 3 aliphatic carbocycles. The highest BCUT2D eigenvalue weighted by Gasteiger charge is 2.75. The summed E-state index contributed by atoms with van der Waals surface area (Å²) in [5.41, 5.74) is -1.79. The minimum atomic E-state index is -1.08. The van der Waals surface area contributed by atoms with Crippen LogP contribution in [-0.2, 0) is 0 Å². The van der Waals surface area contributed by atoms with Crippen molar-refractivity contribution >= 4 is 0 Å². The number of aliphatic hydroxyl groups excluding tert-OH is 2. The topological polar surface area (TPSA) is 60.7 Å². The lowest BCUT2D eigenvalue weighted by Crippen LogP contribution is -2.68. The molecule has 0 aliphatic heterocycles. The lowest BCUT2D eigenvalue weighted by Gasteiger charge is -2.58. The third-order valence-electron chi connectivity index (χ3n) is 6.15. The predicted octanol–water partition coefficient (Wildman–Crippen LogP) is 1.06. The van der Waals surface area contributed by atoms with Crippen molar-refractivity contribution in [2.24, 2.45) is 16.7 Å². The Kier molecular flexibility index (Phi) is 1.94. The van der Waals surface area contributed by atoms with E-state index in [4.69, 9.17) is 0 Å². The Balaban J connectivity index is 2.15. The molecule has 3 N–H and O–H groups in total. The summed E-state index contributed by atoms with van der Waals surface area (Å²) < 4.78 is 0. The van der Waals surface area contributed by atoms with Crippen LogP contribution in [0.5, 0.6) is 0 Å². The third-order valence-corrected chi connectivity index (χ3v) is 6.15. The van der Waals surface area contributed by atoms with Gasteiger partial charge in [-0.15, -0.1) is 0 Å². The normalized spacial score (nSPS) is 58.7. The van der Waals surface area contributed by atoms with Gasteiger partial charge in [0.25, 0.3) is 0 Å². The van der Waals surface area contributed by atoms with Crippen LogP contribution in [0.4, 0.5) is 0 Å². The van der Waals surface area contributed by atoms with E-state index in [0.29, 0.717) is 18.8 Å². The summed E-state index contributed by atoms with van der Waals surface area (Å²) in [4.78, 5) is 0. The molecule has 0 unspecified atom stereocenters. The lowest BCUT2D eigenvalue weighted by molar-refractivity contribution is -0.256. The Hall–Kier alpha value is -0.120. The Bertz CT molecular complexity index is 327. The molecule has 3 fully saturated rings. The largest absolute Gasteiger partial charge is 0.392 e. The number of fused-ring (bicyclic) bond motifs is 1. The molecule has 0 aromatic heterocycles. The number of rotatable bonds is 0. The SMILES string of the molecule is CC1(C)[C@H]2CC[C@@]3(C2)[C@@H](O)CC[C@H](O)[C@@]13O. The van der Waals surface area contributed by atoms with Gasteiger partial charge in [0, 0.05) is 5.41 Å². The molecule has 0 aromatic rings. The molecule has 3 nitrogen and oxygen atoms in total. The van der Waals surface area contributed by atoms with E-state index >= 15 is 0 Å². The first-order chi connectivity index (χ1) is 7.36. The maximum absolute atomic E-state index is 11.0. The minimum Gasteiger partial charge on any atom is -0.392 e. The first-order valence-corrected chi connectivity index (χ1v) is 6.45. The zero-order valence-corrected chi connectivity index (χ0v) is 10.1. The van der Waals surface area contributed by atoms with Crippen LogP contribution in [0, 0.1) is 16.7 Å². The van der Waals surface area contributed by atoms with Gasteiger partial charge in [0.2, 0.25) is 0 Å². The molecule has 3 heteroatoms. The number of hydrogen-bond donors (Lipinski definition) is 3. The van der Waals surface area contributed by atoms with Crippen LogP contribution in [0.15, 0.2) is 0 Å². The van der Waals surface area contributed by atoms with Crippen molar-refractivity contribution in [2.75, 3.05) is 0 Å². The van der Waals surface area contributed by atoms with Crippen molar-refractivity contribution in [3.05, 3.63) is 0 Å². The summed E-state index contributed by atoms with van der Waals surface area (Å²) in [5.74, 6) is 0.444. The molecular formula is C13H22O3. The Morgan fingerprint density at radius 3 is 2.25 bits per heavy atom. The van der Waals surface area contributed by atoms with Crippen LogP contribution in [-0.4, -0.2) is 33.1 Å². The summed E-state index contributed by atoms with van der Waals surface area (Å²) in [6.07, 6.45) is 2.88. The van der Waals surface area contributed by atoms with Gasteiger partial charge in [-0.2, -0.15) is 0 Å². The van der Waals surface area contributed by atoms with Gasteiger partial charge < -0.3 is 15.3 Å². The summed E-state index contributed by atoms with van der Waals surface area (Å²) in [7, 11) is 0. The number of hydrogen-bond acceptors (Lipinski definition) is 3. The summed E-state index contributed by atoms with van der Waals surface area (Å²) in [6.45, 7) is 4.11. The van der Waals surface area contributed by atoms with Crippen LogP contribution in [0.1, 0.15) is 46.0 Å². The van der Waals surface area contributed by atoms with E-state index in [-0.39, 0.29) is 5.41 Å². The molecule has 0 amide bonds. The van der Waals surface area contributed by atoms with E-state index in [2.05, 4.69) is 13.8 Å². The Morgan fingerprint density at radius 1 is 1.00 bits per heavy atom. The van der Waals surface area contributed by atoms with Gasteiger partial charge in [-0.25, -0.2) is 0 Å². The van der Waals surface area contributed by atoms with Crippen molar-refractivity contribution in [3.8, 4) is 0 Å². The summed E-state index contributed by atoms with van der Waals surface area (Å²) in [6, 6.07) is 0. The fraction of sp³-hybridized carbons (Fsp3) is 1.00. The van der Waals surface area contributed by atoms with Crippen LogP contribution in [0.3, 0.4) is 0 Å². The molecule has 3 saturated carbocycles. The van der Waals surface area contributed by atoms with Crippen LogP contribution < -0.4 is 0 Å². The second kappa shape index (κ2) is 2.82. The highest BCUT2D eigenvalue weighted by molar-refractivity contribution is 5.25. The maximum Gasteiger partial charge on any atom is 0.104 e. The van der Waals surface area contributed by atoms with Crippen LogP contribution in [0.25, 0.3) is 0 Å². The molecule has 92 valence electrons. The van der Waals surface area contributed by atoms with Gasteiger partial charge in [-0.1, -0.05) is 13.8 Å². The fourth-order valence-corrected chi connectivity index (χ4v) is 5.11. The van der Waals surface area contributed by atoms with Gasteiger partial charge in [-0.3, -0.25) is 0 Å². The second-order valence-corrected chi connectivity index (χ2v) is 6.69. The van der Waals surface area contributed by atoms with E-state index in [1.807, 2.05) is 0 Å². The van der Waals surface area contributed by atoms with Crippen LogP contribution >= 0.6 is 0 Å². The molecule has 0 aromatic carbocycles. The van der Waals surface area contributed by atoms with Crippen molar-refractivity contribution < 1.29 is 15.3 Å². The van der Waals surface area contributed by atoms with Gasteiger partial charge in [0.05, 0.1) is 12.2 Å². The van der Waals surface area contributed by atoms with Crippen LogP contribution in [0.2, 0.25) is 0 Å². The highest BCUT2D eigenvalue weighted by atomic mass is 16.4. The first kappa shape index (κ1) is 11.0. The van der Waals surface area contributed by atoms with Gasteiger partial charge in [0.1, 0.15) is 5.60 Å². The second-order valence-electron chi connectivity index (χ2n) is 6.69. The van der Waals surface area contributed by atoms with Crippen molar-refractivity contribution in [3.63, 3.8) is 0 Å². The molecule has 3 aliphatic rings. The van der Waals surface area contributed by atoms with E-state index in [9.17, 15) is 15.3 Å². The first-order valence-electron chi connectivity index (χ1n) is 6.45. The molecule has 2 bridgehead atoms. The summed E-state index contributed by atoms with van der Waals surface area (Å²) in [5, 5.41) is 31.6. The number of aliphatic hydroxyl groups is 3. The molecule has 16 heavy (non-hydrogen) atoms. The smallest absolute Gasteiger partial charge is 0.104 e.